The molecule has 0 fully saturated rings. The first-order chi connectivity index (χ1) is 26.3. The van der Waals surface area contributed by atoms with Gasteiger partial charge in [0, 0.05) is 0 Å². The average molecular weight is 742 g/mol. The van der Waals surface area contributed by atoms with E-state index < -0.39 is 62.7 Å². The Kier molecular flexibility index (Phi) is 8.09. The van der Waals surface area contributed by atoms with Crippen LogP contribution in [0.2, 0.25) is 0 Å². The molecule has 6 nitrogen and oxygen atoms in total. The van der Waals surface area contributed by atoms with E-state index in [9.17, 15) is 14.9 Å². The van der Waals surface area contributed by atoms with Gasteiger partial charge >= 0.3 is 0 Å². The van der Waals surface area contributed by atoms with Gasteiger partial charge in [-0.2, -0.15) is 10.5 Å². The number of rotatable bonds is 4. The third-order valence-corrected chi connectivity index (χ3v) is 10.3. The van der Waals surface area contributed by atoms with E-state index in [1.165, 1.54) is 4.90 Å². The summed E-state index contributed by atoms with van der Waals surface area (Å²) in [6.45, 7) is 6.49. The predicted molar refractivity (Wildman–Crippen MR) is 196 cm³/mol. The smallest absolute Gasteiger partial charge is 0.200 e. The van der Waals surface area contributed by atoms with Crippen molar-refractivity contribution in [3.8, 4) is 68.5 Å². The lowest BCUT2D eigenvalue weighted by molar-refractivity contribution is -0.0988. The zero-order valence-corrected chi connectivity index (χ0v) is 29.7. The molecule has 0 saturated heterocycles. The van der Waals surface area contributed by atoms with Crippen LogP contribution in [0, 0.1) is 51.7 Å². The first-order valence-electron chi connectivity index (χ1n) is 17.1. The summed E-state index contributed by atoms with van der Waals surface area (Å²) < 4.78 is 95.6. The van der Waals surface area contributed by atoms with E-state index in [2.05, 4.69) is 6.07 Å². The van der Waals surface area contributed by atoms with Crippen LogP contribution < -0.4 is 19.1 Å². The summed E-state index contributed by atoms with van der Waals surface area (Å²) in [5.41, 5.74) is -2.05. The van der Waals surface area contributed by atoms with Gasteiger partial charge in [-0.1, -0.05) is 72.8 Å². The zero-order valence-electron chi connectivity index (χ0n) is 29.7. The molecule has 0 atom stereocenters. The number of nitriles is 2. The molecule has 0 N–H and O–H groups in total. The van der Waals surface area contributed by atoms with Gasteiger partial charge in [-0.3, -0.25) is 0 Å². The molecule has 55 heavy (non-hydrogen) atoms. The largest absolute Gasteiger partial charge is 0.479 e. The van der Waals surface area contributed by atoms with Crippen molar-refractivity contribution in [2.45, 2.75) is 38.9 Å². The quantitative estimate of drug-likeness (QED) is 0.102. The van der Waals surface area contributed by atoms with Crippen molar-refractivity contribution in [3.05, 3.63) is 137 Å². The topological polar surface area (TPSA) is 78.5 Å². The molecule has 0 saturated carbocycles. The Labute approximate surface area is 312 Å². The average Bonchev–Trinajstić information content (AvgIpc) is 3.19. The maximum atomic E-state index is 15.9. The lowest BCUT2D eigenvalue weighted by atomic mass is 9.85. The van der Waals surface area contributed by atoms with E-state index in [0.717, 1.165) is 22.3 Å². The number of fused-ring (bicyclic) bond motifs is 3. The first kappa shape index (κ1) is 35.2. The summed E-state index contributed by atoms with van der Waals surface area (Å²) in [5, 5.41) is 21.9. The summed E-state index contributed by atoms with van der Waals surface area (Å²) in [6.07, 6.45) is 0. The molecular formula is C44H28F5N3O3. The second kappa shape index (κ2) is 12.6. The minimum atomic E-state index is -2.38. The molecular weight excluding hydrogens is 713 g/mol. The second-order valence-corrected chi connectivity index (χ2v) is 14.1. The Bertz CT molecular complexity index is 2550. The maximum Gasteiger partial charge on any atom is 0.200 e. The van der Waals surface area contributed by atoms with E-state index in [4.69, 9.17) is 14.2 Å². The van der Waals surface area contributed by atoms with Gasteiger partial charge in [0.2, 0.25) is 5.82 Å². The first-order valence-corrected chi connectivity index (χ1v) is 17.1. The van der Waals surface area contributed by atoms with Crippen LogP contribution in [0.5, 0.6) is 23.0 Å². The number of halogens is 5. The number of anilines is 3. The predicted octanol–water partition coefficient (Wildman–Crippen LogP) is 12.0. The van der Waals surface area contributed by atoms with E-state index in [-0.39, 0.29) is 28.5 Å². The fourth-order valence-electron chi connectivity index (χ4n) is 6.81. The fraction of sp³-hybridized carbons (Fsp3) is 0.136. The van der Waals surface area contributed by atoms with Gasteiger partial charge in [0.1, 0.15) is 28.9 Å². The standard InChI is InChI=1S/C44H28F5N3O3/c1-43(2)44(3,4)55-42-33(34-35(45)37(47)39(49)38(48)36(34)46)27(21-50)40(28(22-51)41(42)54-43)52-29-17-15-25(23-11-7-5-8-12-23)19-31(29)53-32-20-26(16-18-30(32)52)24-13-9-6-10-14-24/h5-20H,1-4H3. The Morgan fingerprint density at radius 2 is 0.945 bits per heavy atom. The highest BCUT2D eigenvalue weighted by Crippen LogP contribution is 2.60. The molecule has 6 aromatic rings. The lowest BCUT2D eigenvalue weighted by Crippen LogP contribution is -2.56. The minimum Gasteiger partial charge on any atom is -0.479 e. The number of ether oxygens (including phenoxy) is 3. The molecule has 0 spiro atoms. The van der Waals surface area contributed by atoms with Crippen molar-refractivity contribution >= 4 is 17.1 Å². The molecule has 0 aromatic heterocycles. The molecule has 2 aliphatic heterocycles. The van der Waals surface area contributed by atoms with Crippen molar-refractivity contribution in [3.63, 3.8) is 0 Å². The van der Waals surface area contributed by atoms with Crippen molar-refractivity contribution in [1.29, 1.82) is 10.5 Å². The molecule has 0 amide bonds. The van der Waals surface area contributed by atoms with Crippen LogP contribution in [0.4, 0.5) is 39.0 Å². The van der Waals surface area contributed by atoms with Crippen molar-refractivity contribution in [2.75, 3.05) is 4.90 Å². The molecule has 2 aliphatic rings. The van der Waals surface area contributed by atoms with E-state index >= 15 is 17.6 Å². The highest BCUT2D eigenvalue weighted by atomic mass is 19.2. The number of nitrogens with zero attached hydrogens (tertiary/aromatic N) is 3. The van der Waals surface area contributed by atoms with Gasteiger partial charge in [0.05, 0.1) is 33.8 Å². The molecule has 11 heteroatoms. The second-order valence-electron chi connectivity index (χ2n) is 14.1. The Morgan fingerprint density at radius 1 is 0.509 bits per heavy atom. The SMILES string of the molecule is CC1(C)Oc2c(C#N)c(N3c4ccc(-c5ccccc5)cc4Oc4cc(-c5ccccc5)ccc43)c(C#N)c(-c3c(F)c(F)c(F)c(F)c3F)c2OC1(C)C. The molecule has 0 aliphatic carbocycles. The Morgan fingerprint density at radius 3 is 1.40 bits per heavy atom. The minimum absolute atomic E-state index is 0.257. The summed E-state index contributed by atoms with van der Waals surface area (Å²) in [6, 6.07) is 33.4. The van der Waals surface area contributed by atoms with Gasteiger partial charge in [-0.05, 0) is 74.2 Å². The summed E-state index contributed by atoms with van der Waals surface area (Å²) >= 11 is 0. The summed E-state index contributed by atoms with van der Waals surface area (Å²) in [7, 11) is 0. The van der Waals surface area contributed by atoms with Gasteiger partial charge in [-0.25, -0.2) is 22.0 Å². The van der Waals surface area contributed by atoms with Crippen LogP contribution in [0.1, 0.15) is 38.8 Å². The molecule has 0 bridgehead atoms. The third-order valence-electron chi connectivity index (χ3n) is 10.3. The van der Waals surface area contributed by atoms with Crippen molar-refractivity contribution < 1.29 is 36.2 Å². The van der Waals surface area contributed by atoms with Crippen LogP contribution >= 0.6 is 0 Å². The highest BCUT2D eigenvalue weighted by molar-refractivity contribution is 5.99. The monoisotopic (exact) mass is 741 g/mol. The molecule has 6 aromatic carbocycles. The normalized spacial score (nSPS) is 14.6. The Balaban J connectivity index is 1.51. The maximum absolute atomic E-state index is 15.9. The van der Waals surface area contributed by atoms with Crippen LogP contribution in [0.15, 0.2) is 97.1 Å². The molecule has 0 unspecified atom stereocenters. The van der Waals surface area contributed by atoms with E-state index in [0.29, 0.717) is 11.4 Å². The van der Waals surface area contributed by atoms with Crippen molar-refractivity contribution in [1.82, 2.24) is 0 Å². The van der Waals surface area contributed by atoms with Gasteiger partial charge in [0.25, 0.3) is 0 Å². The number of hydrogen-bond donors (Lipinski definition) is 0. The van der Waals surface area contributed by atoms with Gasteiger partial charge in [-0.15, -0.1) is 0 Å². The molecule has 8 rings (SSSR count). The van der Waals surface area contributed by atoms with Crippen LogP contribution in [0.25, 0.3) is 33.4 Å². The zero-order chi connectivity index (χ0) is 39.0. The van der Waals surface area contributed by atoms with Crippen LogP contribution in [-0.2, 0) is 0 Å². The third kappa shape index (κ3) is 5.34. The summed E-state index contributed by atoms with van der Waals surface area (Å²) in [4.78, 5) is 1.50. The number of hydrogen-bond acceptors (Lipinski definition) is 6. The molecule has 2 heterocycles. The van der Waals surface area contributed by atoms with Gasteiger partial charge in [0.15, 0.2) is 46.3 Å². The summed E-state index contributed by atoms with van der Waals surface area (Å²) in [5.74, 6) is -11.5. The molecule has 272 valence electrons. The van der Waals surface area contributed by atoms with Crippen LogP contribution in [0.3, 0.4) is 0 Å². The van der Waals surface area contributed by atoms with Gasteiger partial charge < -0.3 is 19.1 Å². The fourth-order valence-corrected chi connectivity index (χ4v) is 6.81. The van der Waals surface area contributed by atoms with Crippen LogP contribution in [-0.4, -0.2) is 11.2 Å². The van der Waals surface area contributed by atoms with E-state index in [1.807, 2.05) is 66.7 Å². The van der Waals surface area contributed by atoms with E-state index in [1.54, 1.807) is 64.1 Å². The number of benzene rings is 6. The van der Waals surface area contributed by atoms with Crippen molar-refractivity contribution in [2.24, 2.45) is 0 Å². The molecule has 0 radical (unpaired) electrons. The highest BCUT2D eigenvalue weighted by Gasteiger charge is 2.50. The lowest BCUT2D eigenvalue weighted by Gasteiger charge is -2.47. The Hall–Kier alpha value is -6.85.